The molecule has 21 heavy (non-hydrogen) atoms. The molecule has 4 nitrogen and oxygen atoms in total. The molecule has 0 atom stereocenters. The predicted octanol–water partition coefficient (Wildman–Crippen LogP) is 2.96. The molecular weight excluding hydrogens is 260 g/mol. The average Bonchev–Trinajstić information content (AvgIpc) is 2.72. The fourth-order valence-corrected chi connectivity index (χ4v) is 2.85. The number of anilines is 2. The van der Waals surface area contributed by atoms with Crippen molar-refractivity contribution in [3.8, 4) is 0 Å². The quantitative estimate of drug-likeness (QED) is 0.644. The van der Waals surface area contributed by atoms with E-state index >= 15 is 0 Å². The van der Waals surface area contributed by atoms with Crippen LogP contribution in [0.2, 0.25) is 0 Å². The van der Waals surface area contributed by atoms with Crippen LogP contribution in [-0.2, 0) is 6.54 Å². The van der Waals surface area contributed by atoms with Gasteiger partial charge in [-0.2, -0.15) is 0 Å². The van der Waals surface area contributed by atoms with Gasteiger partial charge in [0.2, 0.25) is 0 Å². The van der Waals surface area contributed by atoms with Gasteiger partial charge in [-0.3, -0.25) is 0 Å². The molecule has 0 bridgehead atoms. The zero-order valence-electron chi connectivity index (χ0n) is 12.6. The number of nitrogens with two attached hydrogens (primary N) is 2. The van der Waals surface area contributed by atoms with Gasteiger partial charge in [0.15, 0.2) is 0 Å². The van der Waals surface area contributed by atoms with E-state index in [-0.39, 0.29) is 0 Å². The maximum Gasteiger partial charge on any atom is 0.0493 e. The highest BCUT2D eigenvalue weighted by molar-refractivity contribution is 6.09. The lowest BCUT2D eigenvalue weighted by Crippen LogP contribution is -2.26. The summed E-state index contributed by atoms with van der Waals surface area (Å²) < 4.78 is 2.33. The van der Waals surface area contributed by atoms with Gasteiger partial charge < -0.3 is 21.4 Å². The van der Waals surface area contributed by atoms with E-state index in [1.165, 1.54) is 21.8 Å². The molecule has 0 spiro atoms. The molecule has 3 aromatic rings. The summed E-state index contributed by atoms with van der Waals surface area (Å²) in [6, 6.07) is 12.7. The maximum absolute atomic E-state index is 5.95. The van der Waals surface area contributed by atoms with Crippen molar-refractivity contribution in [2.75, 3.05) is 18.0 Å². The van der Waals surface area contributed by atoms with Crippen molar-refractivity contribution in [1.29, 1.82) is 0 Å². The van der Waals surface area contributed by atoms with Crippen molar-refractivity contribution in [3.63, 3.8) is 0 Å². The molecule has 0 aliphatic rings. The molecule has 0 saturated carbocycles. The summed E-state index contributed by atoms with van der Waals surface area (Å²) in [5.74, 6) is 0. The minimum Gasteiger partial charge on any atom is -0.399 e. The van der Waals surface area contributed by atoms with Gasteiger partial charge in [-0.05, 0) is 36.4 Å². The smallest absolute Gasteiger partial charge is 0.0493 e. The average molecular weight is 282 g/mol. The molecule has 0 aliphatic carbocycles. The van der Waals surface area contributed by atoms with E-state index in [1.807, 2.05) is 24.3 Å². The number of rotatable bonds is 4. The Labute approximate surface area is 124 Å². The largest absolute Gasteiger partial charge is 0.399 e. The molecular formula is C17H22N4. The number of fused-ring (bicyclic) bond motifs is 3. The minimum atomic E-state index is 0.490. The lowest BCUT2D eigenvalue weighted by Gasteiger charge is -2.11. The summed E-state index contributed by atoms with van der Waals surface area (Å²) in [6.07, 6.45) is 0. The van der Waals surface area contributed by atoms with Crippen LogP contribution in [0.5, 0.6) is 0 Å². The third-order valence-corrected chi connectivity index (χ3v) is 3.80. The van der Waals surface area contributed by atoms with Gasteiger partial charge in [-0.25, -0.2) is 0 Å². The van der Waals surface area contributed by atoms with Crippen LogP contribution >= 0.6 is 0 Å². The molecule has 5 N–H and O–H groups in total. The van der Waals surface area contributed by atoms with Crippen LogP contribution in [0, 0.1) is 0 Å². The minimum absolute atomic E-state index is 0.490. The molecule has 4 heteroatoms. The third-order valence-electron chi connectivity index (χ3n) is 3.80. The molecule has 0 aliphatic heterocycles. The summed E-state index contributed by atoms with van der Waals surface area (Å²) in [4.78, 5) is 0. The lowest BCUT2D eigenvalue weighted by atomic mass is 10.1. The fourth-order valence-electron chi connectivity index (χ4n) is 2.85. The fraction of sp³-hybridized carbons (Fsp3) is 0.294. The Morgan fingerprint density at radius 3 is 1.95 bits per heavy atom. The highest BCUT2D eigenvalue weighted by atomic mass is 15.0. The van der Waals surface area contributed by atoms with E-state index in [0.717, 1.165) is 24.5 Å². The van der Waals surface area contributed by atoms with E-state index in [0.29, 0.717) is 6.04 Å². The molecule has 0 radical (unpaired) electrons. The van der Waals surface area contributed by atoms with E-state index < -0.39 is 0 Å². The van der Waals surface area contributed by atoms with E-state index in [1.54, 1.807) is 0 Å². The van der Waals surface area contributed by atoms with Crippen molar-refractivity contribution >= 4 is 33.2 Å². The SMILES string of the molecule is CC(C)NCCn1c2ccc(N)cc2c2cc(N)ccc21. The first-order valence-electron chi connectivity index (χ1n) is 7.36. The molecule has 0 fully saturated rings. The molecule has 2 aromatic carbocycles. The number of hydrogen-bond acceptors (Lipinski definition) is 3. The van der Waals surface area contributed by atoms with Gasteiger partial charge in [0.25, 0.3) is 0 Å². The zero-order valence-corrected chi connectivity index (χ0v) is 12.6. The van der Waals surface area contributed by atoms with Gasteiger partial charge in [-0.15, -0.1) is 0 Å². The van der Waals surface area contributed by atoms with Crippen molar-refractivity contribution in [3.05, 3.63) is 36.4 Å². The summed E-state index contributed by atoms with van der Waals surface area (Å²) in [6.45, 7) is 6.18. The van der Waals surface area contributed by atoms with Gasteiger partial charge in [0.05, 0.1) is 0 Å². The predicted molar refractivity (Wildman–Crippen MR) is 91.4 cm³/mol. The zero-order chi connectivity index (χ0) is 15.0. The van der Waals surface area contributed by atoms with E-state index in [4.69, 9.17) is 11.5 Å². The van der Waals surface area contributed by atoms with Crippen LogP contribution in [0.3, 0.4) is 0 Å². The number of aromatic nitrogens is 1. The number of nitrogens with zero attached hydrogens (tertiary/aromatic N) is 1. The third kappa shape index (κ3) is 2.54. The topological polar surface area (TPSA) is 69.0 Å². The Kier molecular flexibility index (Phi) is 3.47. The molecule has 110 valence electrons. The first-order valence-corrected chi connectivity index (χ1v) is 7.36. The molecule has 1 aromatic heterocycles. The molecule has 3 rings (SSSR count). The van der Waals surface area contributed by atoms with Crippen LogP contribution in [0.15, 0.2) is 36.4 Å². The second kappa shape index (κ2) is 5.30. The van der Waals surface area contributed by atoms with Crippen LogP contribution < -0.4 is 16.8 Å². The van der Waals surface area contributed by atoms with Crippen molar-refractivity contribution < 1.29 is 0 Å². The van der Waals surface area contributed by atoms with Gasteiger partial charge in [0, 0.05) is 52.3 Å². The number of hydrogen-bond donors (Lipinski definition) is 3. The summed E-state index contributed by atoms with van der Waals surface area (Å²) >= 11 is 0. The van der Waals surface area contributed by atoms with Crippen molar-refractivity contribution in [2.45, 2.75) is 26.4 Å². The Balaban J connectivity index is 2.15. The van der Waals surface area contributed by atoms with Crippen LogP contribution in [0.1, 0.15) is 13.8 Å². The number of nitrogens with one attached hydrogen (secondary N) is 1. The Morgan fingerprint density at radius 2 is 1.48 bits per heavy atom. The highest BCUT2D eigenvalue weighted by Crippen LogP contribution is 2.31. The van der Waals surface area contributed by atoms with E-state index in [2.05, 4.69) is 35.9 Å². The molecule has 0 saturated heterocycles. The van der Waals surface area contributed by atoms with Crippen LogP contribution in [0.4, 0.5) is 11.4 Å². The standard InChI is InChI=1S/C17H22N4/c1-11(2)20-7-8-21-16-5-3-12(18)9-14(16)15-10-13(19)4-6-17(15)21/h3-6,9-11,20H,7-8,18-19H2,1-2H3. The first-order chi connectivity index (χ1) is 10.1. The lowest BCUT2D eigenvalue weighted by molar-refractivity contribution is 0.553. The Morgan fingerprint density at radius 1 is 0.952 bits per heavy atom. The monoisotopic (exact) mass is 282 g/mol. The Hall–Kier alpha value is -2.20. The number of benzene rings is 2. The molecule has 0 unspecified atom stereocenters. The van der Waals surface area contributed by atoms with Crippen LogP contribution in [0.25, 0.3) is 21.8 Å². The highest BCUT2D eigenvalue weighted by Gasteiger charge is 2.11. The van der Waals surface area contributed by atoms with Crippen molar-refractivity contribution in [2.24, 2.45) is 0 Å². The van der Waals surface area contributed by atoms with E-state index in [9.17, 15) is 0 Å². The molecule has 0 amide bonds. The molecule has 1 heterocycles. The van der Waals surface area contributed by atoms with Gasteiger partial charge in [-0.1, -0.05) is 13.8 Å². The number of nitrogen functional groups attached to an aromatic ring is 2. The second-order valence-corrected chi connectivity index (χ2v) is 5.81. The van der Waals surface area contributed by atoms with Crippen molar-refractivity contribution in [1.82, 2.24) is 9.88 Å². The second-order valence-electron chi connectivity index (χ2n) is 5.81. The summed E-state index contributed by atoms with van der Waals surface area (Å²) in [5.41, 5.74) is 15.9. The van der Waals surface area contributed by atoms with Gasteiger partial charge in [0.1, 0.15) is 0 Å². The Bertz CT molecular complexity index is 727. The van der Waals surface area contributed by atoms with Gasteiger partial charge >= 0.3 is 0 Å². The normalized spacial score (nSPS) is 11.8. The summed E-state index contributed by atoms with van der Waals surface area (Å²) in [7, 11) is 0. The first kappa shape index (κ1) is 13.8. The maximum atomic E-state index is 5.95. The van der Waals surface area contributed by atoms with Crippen LogP contribution in [-0.4, -0.2) is 17.2 Å². The summed E-state index contributed by atoms with van der Waals surface area (Å²) in [5, 5.41) is 5.80.